The van der Waals surface area contributed by atoms with Crippen LogP contribution in [-0.2, 0) is 23.9 Å². The van der Waals surface area contributed by atoms with Crippen molar-refractivity contribution in [2.24, 2.45) is 0 Å². The Bertz CT molecular complexity index is 1300. The van der Waals surface area contributed by atoms with E-state index in [4.69, 9.17) is 29.2 Å². The lowest BCUT2D eigenvalue weighted by molar-refractivity contribution is 0.0739. The third-order valence-electron chi connectivity index (χ3n) is 6.86. The number of nitrogens with one attached hydrogen (secondary N) is 2. The summed E-state index contributed by atoms with van der Waals surface area (Å²) in [6, 6.07) is 9.88. The fraction of sp³-hybridized carbons (Fsp3) is 0.522. The van der Waals surface area contributed by atoms with Gasteiger partial charge in [0.2, 0.25) is 11.9 Å². The van der Waals surface area contributed by atoms with Crippen LogP contribution in [0.1, 0.15) is 25.5 Å². The van der Waals surface area contributed by atoms with Gasteiger partial charge in [-0.15, -0.1) is 0 Å². The lowest BCUT2D eigenvalue weighted by atomic mass is 9.94. The molecule has 182 valence electrons. The summed E-state index contributed by atoms with van der Waals surface area (Å²) in [4.78, 5) is 16.8. The smallest absolute Gasteiger partial charge is 0.239 e. The molecule has 2 saturated heterocycles. The number of nitrogens with zero attached hydrogens (tertiary/aromatic N) is 5. The third kappa shape index (κ3) is 3.81. The molecule has 34 heavy (non-hydrogen) atoms. The van der Waals surface area contributed by atoms with Gasteiger partial charge in [0, 0.05) is 39.1 Å². The van der Waals surface area contributed by atoms with E-state index in [1.165, 1.54) is 6.26 Å². The molecule has 2 aliphatic heterocycles. The largest absolute Gasteiger partial charge is 0.381 e. The maximum atomic E-state index is 13.4. The highest BCUT2D eigenvalue weighted by Gasteiger charge is 2.44. The van der Waals surface area contributed by atoms with Crippen LogP contribution < -0.4 is 10.2 Å². The first kappa shape index (κ1) is 23.0. The van der Waals surface area contributed by atoms with Crippen LogP contribution in [0.2, 0.25) is 0 Å². The van der Waals surface area contributed by atoms with Crippen LogP contribution in [-0.4, -0.2) is 76.0 Å². The van der Waals surface area contributed by atoms with Crippen LogP contribution in [0.3, 0.4) is 0 Å². The summed E-state index contributed by atoms with van der Waals surface area (Å²) in [5, 5.41) is 3.15. The molecule has 2 aliphatic rings. The number of hydrogen-bond donors (Lipinski definition) is 2. The van der Waals surface area contributed by atoms with E-state index in [0.717, 1.165) is 16.9 Å². The van der Waals surface area contributed by atoms with Crippen LogP contribution in [0, 0.1) is 4.78 Å². The van der Waals surface area contributed by atoms with Gasteiger partial charge in [-0.2, -0.15) is 4.98 Å². The highest BCUT2D eigenvalue weighted by molar-refractivity contribution is 7.92. The van der Waals surface area contributed by atoms with Crippen molar-refractivity contribution in [1.29, 1.82) is 4.78 Å². The van der Waals surface area contributed by atoms with E-state index in [1.54, 1.807) is 0 Å². The predicted molar refractivity (Wildman–Crippen MR) is 132 cm³/mol. The molecule has 0 spiro atoms. The van der Waals surface area contributed by atoms with Gasteiger partial charge in [0.05, 0.1) is 45.7 Å². The Morgan fingerprint density at radius 1 is 1.15 bits per heavy atom. The lowest BCUT2D eigenvalue weighted by Gasteiger charge is -2.38. The minimum absolute atomic E-state index is 0.125. The molecular weight excluding hydrogens is 454 g/mol. The highest BCUT2D eigenvalue weighted by Crippen LogP contribution is 2.41. The number of rotatable bonds is 5. The first-order valence-corrected chi connectivity index (χ1v) is 13.5. The molecule has 2 fully saturated rings. The molecule has 0 radical (unpaired) electrons. The van der Waals surface area contributed by atoms with Gasteiger partial charge in [-0.1, -0.05) is 12.1 Å². The summed E-state index contributed by atoms with van der Waals surface area (Å²) in [6.45, 7) is 4.90. The average molecular weight is 486 g/mol. The van der Waals surface area contributed by atoms with Gasteiger partial charge in [0.25, 0.3) is 0 Å². The number of benzene rings is 1. The minimum Gasteiger partial charge on any atom is -0.381 e. The first-order chi connectivity index (χ1) is 16.3. The van der Waals surface area contributed by atoms with E-state index in [0.29, 0.717) is 63.4 Å². The molecule has 2 N–H and O–H groups in total. The maximum Gasteiger partial charge on any atom is 0.239 e. The molecule has 5 rings (SSSR count). The number of hydrogen-bond acceptors (Lipinski definition) is 9. The Balaban J connectivity index is 1.77. The van der Waals surface area contributed by atoms with E-state index in [9.17, 15) is 4.21 Å². The summed E-state index contributed by atoms with van der Waals surface area (Å²) < 4.78 is 34.3. The summed E-state index contributed by atoms with van der Waals surface area (Å²) in [7, 11) is -1.18. The molecule has 1 aromatic carbocycles. The molecule has 2 aromatic heterocycles. The topological polar surface area (TPSA) is 118 Å². The molecule has 2 atom stereocenters. The second kappa shape index (κ2) is 8.79. The zero-order valence-corrected chi connectivity index (χ0v) is 20.6. The minimum atomic E-state index is -3.00. The number of imidazole rings is 1. The van der Waals surface area contributed by atoms with Gasteiger partial charge in [0.15, 0.2) is 0 Å². The van der Waals surface area contributed by atoms with Crippen molar-refractivity contribution < 1.29 is 13.7 Å². The standard InChI is InChI=1S/C23H31N7O3S/c1-16-15-33-13-10-29(16)20-14-19(23(34(3,24)31)8-11-32-12-9-23)27-22(28-20)30-18-7-5-4-6-17(18)26-21(30)25-2/h4-7,14,16,24H,8-13,15H2,1-3H3,(H,25,26)/t16-,34+/m1/s1. The van der Waals surface area contributed by atoms with Gasteiger partial charge < -0.3 is 19.7 Å². The molecule has 0 saturated carbocycles. The van der Waals surface area contributed by atoms with E-state index >= 15 is 0 Å². The Hall–Kier alpha value is -2.76. The second-order valence-corrected chi connectivity index (χ2v) is 11.5. The average Bonchev–Trinajstić information content (AvgIpc) is 3.22. The number of para-hydroxylation sites is 2. The van der Waals surface area contributed by atoms with Crippen molar-refractivity contribution in [1.82, 2.24) is 19.5 Å². The maximum absolute atomic E-state index is 13.4. The van der Waals surface area contributed by atoms with Crippen LogP contribution in [0.5, 0.6) is 0 Å². The Morgan fingerprint density at radius 3 is 2.62 bits per heavy atom. The SMILES string of the molecule is CNc1nc2ccccc2n1-c1nc(N2CCOC[C@H]2C)cc(C2([S@@](C)(=N)=O)CCOCC2)n1. The monoisotopic (exact) mass is 485 g/mol. The van der Waals surface area contributed by atoms with Gasteiger partial charge in [-0.25, -0.2) is 18.7 Å². The summed E-state index contributed by atoms with van der Waals surface area (Å²) in [5.41, 5.74) is 2.31. The van der Waals surface area contributed by atoms with Crippen molar-refractivity contribution in [3.63, 3.8) is 0 Å². The van der Waals surface area contributed by atoms with E-state index in [-0.39, 0.29) is 6.04 Å². The quantitative estimate of drug-likeness (QED) is 0.566. The van der Waals surface area contributed by atoms with E-state index < -0.39 is 14.5 Å². The van der Waals surface area contributed by atoms with E-state index in [2.05, 4.69) is 17.1 Å². The Kier molecular flexibility index (Phi) is 5.95. The molecule has 11 heteroatoms. The predicted octanol–water partition coefficient (Wildman–Crippen LogP) is 2.76. The first-order valence-electron chi connectivity index (χ1n) is 11.5. The molecule has 4 heterocycles. The van der Waals surface area contributed by atoms with Gasteiger partial charge in [-0.3, -0.25) is 4.78 Å². The molecule has 0 aliphatic carbocycles. The van der Waals surface area contributed by atoms with Crippen molar-refractivity contribution in [2.45, 2.75) is 30.6 Å². The van der Waals surface area contributed by atoms with Gasteiger partial charge >= 0.3 is 0 Å². The summed E-state index contributed by atoms with van der Waals surface area (Å²) in [5.74, 6) is 1.80. The molecular formula is C23H31N7O3S. The van der Waals surface area contributed by atoms with Crippen molar-refractivity contribution in [2.75, 3.05) is 56.5 Å². The highest BCUT2D eigenvalue weighted by atomic mass is 32.2. The van der Waals surface area contributed by atoms with Crippen molar-refractivity contribution >= 4 is 32.5 Å². The fourth-order valence-corrected chi connectivity index (χ4v) is 6.36. The zero-order chi connectivity index (χ0) is 23.9. The normalized spacial score (nSPS) is 22.4. The van der Waals surface area contributed by atoms with E-state index in [1.807, 2.05) is 41.9 Å². The van der Waals surface area contributed by atoms with Crippen LogP contribution in [0.4, 0.5) is 11.8 Å². The molecule has 0 amide bonds. The van der Waals surface area contributed by atoms with Crippen LogP contribution >= 0.6 is 0 Å². The van der Waals surface area contributed by atoms with Gasteiger partial charge in [-0.05, 0) is 31.9 Å². The molecule has 3 aromatic rings. The fourth-order valence-electron chi connectivity index (χ4n) is 4.91. The Labute approximate surface area is 199 Å². The van der Waals surface area contributed by atoms with Gasteiger partial charge in [0.1, 0.15) is 10.6 Å². The van der Waals surface area contributed by atoms with Crippen LogP contribution in [0.25, 0.3) is 17.0 Å². The third-order valence-corrected chi connectivity index (χ3v) is 8.97. The lowest BCUT2D eigenvalue weighted by Crippen LogP contribution is -2.45. The molecule has 0 bridgehead atoms. The second-order valence-electron chi connectivity index (χ2n) is 8.99. The molecule has 10 nitrogen and oxygen atoms in total. The number of anilines is 2. The number of aromatic nitrogens is 4. The Morgan fingerprint density at radius 2 is 1.91 bits per heavy atom. The summed E-state index contributed by atoms with van der Waals surface area (Å²) >= 11 is 0. The number of fused-ring (bicyclic) bond motifs is 1. The van der Waals surface area contributed by atoms with Crippen molar-refractivity contribution in [3.05, 3.63) is 36.0 Å². The summed E-state index contributed by atoms with van der Waals surface area (Å²) in [6.07, 6.45) is 2.47. The van der Waals surface area contributed by atoms with Crippen LogP contribution in [0.15, 0.2) is 30.3 Å². The van der Waals surface area contributed by atoms with Crippen molar-refractivity contribution in [3.8, 4) is 5.95 Å². The molecule has 0 unspecified atom stereocenters. The zero-order valence-electron chi connectivity index (χ0n) is 19.8. The number of morpholine rings is 1. The number of ether oxygens (including phenoxy) is 2.